The van der Waals surface area contributed by atoms with E-state index in [4.69, 9.17) is 4.55 Å². The maximum atomic E-state index is 14.2. The fourth-order valence-corrected chi connectivity index (χ4v) is 5.96. The van der Waals surface area contributed by atoms with E-state index in [1.54, 1.807) is 0 Å². The van der Waals surface area contributed by atoms with Gasteiger partial charge in [0.05, 0.1) is 26.1 Å². The Hall–Kier alpha value is -4.65. The van der Waals surface area contributed by atoms with Gasteiger partial charge in [-0.2, -0.15) is 228 Å². The molecule has 0 unspecified atom stereocenters. The van der Waals surface area contributed by atoms with Crippen molar-refractivity contribution in [3.63, 3.8) is 0 Å². The monoisotopic (exact) mass is 1480 g/mol. The predicted octanol–water partition coefficient (Wildman–Crippen LogP) is 15.2. The van der Waals surface area contributed by atoms with Gasteiger partial charge in [-0.1, -0.05) is 0 Å². The van der Waals surface area contributed by atoms with E-state index < -0.39 is 196 Å². The second kappa shape index (κ2) is 22.0. The van der Waals surface area contributed by atoms with Crippen molar-refractivity contribution in [2.45, 2.75) is 161 Å². The highest BCUT2D eigenvalue weighted by Gasteiger charge is 3.02. The van der Waals surface area contributed by atoms with E-state index in [0.29, 0.717) is 0 Å². The highest BCUT2D eigenvalue weighted by Crippen LogP contribution is 2.71. The van der Waals surface area contributed by atoms with Gasteiger partial charge in [0.1, 0.15) is 0 Å². The number of alkyl halides is 50. The summed E-state index contributed by atoms with van der Waals surface area (Å²) in [6, 6.07) is 0. The van der Waals surface area contributed by atoms with Crippen molar-refractivity contribution in [3.8, 4) is 0 Å². The van der Waals surface area contributed by atoms with E-state index in [1.165, 1.54) is 0 Å². The molecule has 0 rings (SSSR count). The number of hydrogen-bond acceptors (Lipinski definition) is 6. The van der Waals surface area contributed by atoms with Crippen molar-refractivity contribution in [1.82, 2.24) is 0 Å². The zero-order valence-electron chi connectivity index (χ0n) is 38.6. The van der Waals surface area contributed by atoms with Gasteiger partial charge in [0.2, 0.25) is 0 Å². The molecular formula is C31H10F50O7S. The van der Waals surface area contributed by atoms with Crippen molar-refractivity contribution in [3.05, 3.63) is 0 Å². The molecule has 89 heavy (non-hydrogen) atoms. The van der Waals surface area contributed by atoms with Crippen LogP contribution in [0.1, 0.15) is 12.8 Å². The summed E-state index contributed by atoms with van der Waals surface area (Å²) < 4.78 is 721. The molecule has 0 aliphatic carbocycles. The summed E-state index contributed by atoms with van der Waals surface area (Å²) in [5.74, 6) is -217. The lowest BCUT2D eigenvalue weighted by molar-refractivity contribution is -0.482. The van der Waals surface area contributed by atoms with Gasteiger partial charge in [-0.05, 0) is 0 Å². The maximum absolute atomic E-state index is 14.2. The summed E-state index contributed by atoms with van der Waals surface area (Å²) in [5.41, 5.74) is 0. The second-order valence-electron chi connectivity index (χ2n) is 16.6. The first-order valence-corrected chi connectivity index (χ1v) is 20.9. The van der Waals surface area contributed by atoms with Gasteiger partial charge >= 0.3 is 155 Å². The van der Waals surface area contributed by atoms with Gasteiger partial charge in [0.15, 0.2) is 0 Å². The molecule has 0 aromatic heterocycles. The Labute approximate surface area is 448 Å². The normalized spacial score (nSPS) is 16.7. The molecule has 0 saturated heterocycles. The topological polar surface area (TPSA) is 107 Å². The van der Waals surface area contributed by atoms with Crippen LogP contribution in [0.5, 0.6) is 0 Å². The van der Waals surface area contributed by atoms with Crippen LogP contribution in [0.3, 0.4) is 0 Å². The standard InChI is InChI=1S/C31H10F50O7S/c32-8(33,10(36,37)12(40,41)14(44,45)16(48,49)18(52,53)20(56,57)22(60,61)24(64,65)26(68,69)28(72,73)30(76,77)78)1-3-87-6(82)5(89(84,85)86)7(83)88-4-2-9(34,35)11(38,39)13(42,43)15(46,47)17(50,51)19(54,55)21(58,59)23(62,63)25(66,67)27(70,71)29(74,75)31(79,80)81/h5H,1-4H2,(H,84,85,86). The Morgan fingerprint density at radius 2 is 0.371 bits per heavy atom. The van der Waals surface area contributed by atoms with Crippen LogP contribution >= 0.6 is 0 Å². The minimum Gasteiger partial charge on any atom is -0.464 e. The molecule has 0 heterocycles. The summed E-state index contributed by atoms with van der Waals surface area (Å²) in [6.07, 6.45) is -25.3. The summed E-state index contributed by atoms with van der Waals surface area (Å²) in [7, 11) is -7.25. The molecule has 1 N–H and O–H groups in total. The second-order valence-corrected chi connectivity index (χ2v) is 18.1. The molecule has 0 saturated carbocycles. The van der Waals surface area contributed by atoms with Gasteiger partial charge in [-0.3, -0.25) is 4.55 Å². The number of ether oxygens (including phenoxy) is 2. The van der Waals surface area contributed by atoms with Gasteiger partial charge in [0, 0.05) is 0 Å². The Kier molecular flexibility index (Phi) is 20.8. The Morgan fingerprint density at radius 3 is 0.494 bits per heavy atom. The number of hydrogen-bond donors (Lipinski definition) is 1. The number of carbonyl (C=O) groups is 2. The lowest BCUT2D eigenvalue weighted by atomic mass is 9.84. The third-order valence-corrected chi connectivity index (χ3v) is 11.8. The van der Waals surface area contributed by atoms with Crippen LogP contribution in [0.15, 0.2) is 0 Å². The molecule has 0 aliphatic rings. The fourth-order valence-electron chi connectivity index (χ4n) is 5.33. The SMILES string of the molecule is O=C(OCCC(F)(F)C(F)(F)C(F)(F)C(F)(F)C(F)(F)C(F)(F)C(F)(F)C(F)(F)C(F)(F)C(F)(F)C(F)(F)C(F)(F)F)C(C(=O)OCCC(F)(F)C(F)(F)C(F)(F)C(F)(F)C(F)(F)C(F)(F)C(F)(F)C(F)(F)C(F)(F)C(F)(F)C(F)(F)C(F)(F)F)S(=O)(=O)O. The van der Waals surface area contributed by atoms with Crippen LogP contribution < -0.4 is 0 Å². The minimum atomic E-state index is -10.1. The quantitative estimate of drug-likeness (QED) is 0.0344. The van der Waals surface area contributed by atoms with Crippen LogP contribution in [0.2, 0.25) is 0 Å². The lowest BCUT2D eigenvalue weighted by Gasteiger charge is -2.45. The molecule has 58 heteroatoms. The smallest absolute Gasteiger partial charge is 0.460 e. The van der Waals surface area contributed by atoms with Crippen molar-refractivity contribution in [2.24, 2.45) is 0 Å². The van der Waals surface area contributed by atoms with Gasteiger partial charge < -0.3 is 9.47 Å². The molecule has 0 aromatic carbocycles. The van der Waals surface area contributed by atoms with Crippen molar-refractivity contribution < 1.29 is 252 Å². The highest BCUT2D eigenvalue weighted by atomic mass is 32.2. The molecule has 532 valence electrons. The largest absolute Gasteiger partial charge is 0.464 e. The van der Waals surface area contributed by atoms with Crippen LogP contribution in [0.4, 0.5) is 220 Å². The minimum absolute atomic E-state index is 2.97. The summed E-state index contributed by atoms with van der Waals surface area (Å²) in [6.45, 7) is -7.07. The number of esters is 2. The van der Waals surface area contributed by atoms with Gasteiger partial charge in [0.25, 0.3) is 15.4 Å². The molecule has 0 fully saturated rings. The number of carbonyl (C=O) groups excluding carboxylic acids is 2. The molecule has 0 aliphatic heterocycles. The Balaban J connectivity index is 7.04. The first-order valence-electron chi connectivity index (χ1n) is 19.4. The van der Waals surface area contributed by atoms with E-state index in [1.807, 2.05) is 0 Å². The van der Waals surface area contributed by atoms with Crippen LogP contribution in [0, 0.1) is 0 Å². The summed E-state index contributed by atoms with van der Waals surface area (Å²) >= 11 is 0. The maximum Gasteiger partial charge on any atom is 0.460 e. The van der Waals surface area contributed by atoms with Crippen LogP contribution in [-0.2, 0) is 29.2 Å². The molecule has 0 bridgehead atoms. The fraction of sp³-hybridized carbons (Fsp3) is 0.935. The zero-order valence-corrected chi connectivity index (χ0v) is 39.4. The zero-order chi connectivity index (χ0) is 73.5. The van der Waals surface area contributed by atoms with E-state index in [9.17, 15) is 238 Å². The van der Waals surface area contributed by atoms with Crippen LogP contribution in [-0.4, -0.2) is 186 Å². The first-order chi connectivity index (χ1) is 37.6. The van der Waals surface area contributed by atoms with E-state index in [0.717, 1.165) is 0 Å². The summed E-state index contributed by atoms with van der Waals surface area (Å²) in [5, 5.41) is -4.96. The third-order valence-electron chi connectivity index (χ3n) is 10.8. The van der Waals surface area contributed by atoms with Crippen molar-refractivity contribution >= 4 is 22.1 Å². The van der Waals surface area contributed by atoms with Crippen molar-refractivity contribution in [1.29, 1.82) is 0 Å². The van der Waals surface area contributed by atoms with Crippen LogP contribution in [0.25, 0.3) is 0 Å². The van der Waals surface area contributed by atoms with Gasteiger partial charge in [-0.25, -0.2) is 9.59 Å². The lowest BCUT2D eigenvalue weighted by Crippen LogP contribution is -2.78. The van der Waals surface area contributed by atoms with Crippen molar-refractivity contribution in [2.75, 3.05) is 13.2 Å². The predicted molar refractivity (Wildman–Crippen MR) is 167 cm³/mol. The molecule has 0 atom stereocenters. The van der Waals surface area contributed by atoms with E-state index in [2.05, 4.69) is 9.47 Å². The van der Waals surface area contributed by atoms with Gasteiger partial charge in [-0.15, -0.1) is 0 Å². The average molecular weight is 1480 g/mol. The molecule has 0 radical (unpaired) electrons. The third kappa shape index (κ3) is 11.3. The average Bonchev–Trinajstić information content (AvgIpc) is 3.28. The Morgan fingerprint density at radius 1 is 0.247 bits per heavy atom. The molecule has 0 aromatic rings. The number of halogens is 50. The number of rotatable bonds is 29. The molecule has 7 nitrogen and oxygen atoms in total. The first kappa shape index (κ1) is 84.3. The molecule has 0 spiro atoms. The Bertz CT molecular complexity index is 2510. The molecule has 0 amide bonds. The molecular weight excluding hydrogens is 1470 g/mol. The highest BCUT2D eigenvalue weighted by molar-refractivity contribution is 7.88. The summed E-state index contributed by atoms with van der Waals surface area (Å²) in [4.78, 5) is 23.8. The van der Waals surface area contributed by atoms with E-state index >= 15 is 0 Å². The van der Waals surface area contributed by atoms with E-state index in [-0.39, 0.29) is 0 Å².